The highest BCUT2D eigenvalue weighted by Gasteiger charge is 2.34. The Bertz CT molecular complexity index is 1810. The molecule has 4 aromatic rings. The molecule has 0 fully saturated rings. The number of allylic oxidation sites excluding steroid dienone is 1. The summed E-state index contributed by atoms with van der Waals surface area (Å²) in [6.45, 7) is 11.0. The zero-order valence-electron chi connectivity index (χ0n) is 23.0. The molecule has 40 heavy (non-hydrogen) atoms. The van der Waals surface area contributed by atoms with Crippen molar-refractivity contribution in [1.82, 2.24) is 14.0 Å². The van der Waals surface area contributed by atoms with Gasteiger partial charge in [-0.2, -0.15) is 0 Å². The van der Waals surface area contributed by atoms with Crippen molar-refractivity contribution in [2.24, 2.45) is 4.99 Å². The van der Waals surface area contributed by atoms with Crippen LogP contribution in [0.1, 0.15) is 49.3 Å². The Kier molecular flexibility index (Phi) is 8.04. The van der Waals surface area contributed by atoms with E-state index in [1.165, 1.54) is 11.3 Å². The van der Waals surface area contributed by atoms with Crippen LogP contribution in [-0.2, 0) is 4.79 Å². The van der Waals surface area contributed by atoms with Gasteiger partial charge in [-0.3, -0.25) is 14.2 Å². The summed E-state index contributed by atoms with van der Waals surface area (Å²) in [6.07, 6.45) is 1.94. The molecule has 0 saturated carbocycles. The summed E-state index contributed by atoms with van der Waals surface area (Å²) in [5.41, 5.74) is 5.90. The van der Waals surface area contributed by atoms with Gasteiger partial charge < -0.3 is 9.47 Å². The number of nitrogens with zero attached hydrogens (tertiary/aromatic N) is 4. The number of carbonyl (C=O) groups excluding carboxylic acids is 1. The minimum atomic E-state index is -0.598. The zero-order chi connectivity index (χ0) is 28.7. The number of halogens is 2. The van der Waals surface area contributed by atoms with Gasteiger partial charge in [-0.25, -0.2) is 4.99 Å². The van der Waals surface area contributed by atoms with Crippen LogP contribution in [0.15, 0.2) is 80.1 Å². The van der Waals surface area contributed by atoms with Crippen molar-refractivity contribution in [3.05, 3.63) is 118 Å². The first-order chi connectivity index (χ1) is 19.1. The van der Waals surface area contributed by atoms with Crippen molar-refractivity contribution >= 4 is 50.9 Å². The number of thiazole rings is 1. The lowest BCUT2D eigenvalue weighted by Gasteiger charge is -2.29. The number of benzene rings is 2. The summed E-state index contributed by atoms with van der Waals surface area (Å²) in [5.74, 6) is -0.112. The molecule has 0 unspecified atom stereocenters. The Morgan fingerprint density at radius 3 is 2.35 bits per heavy atom. The summed E-state index contributed by atoms with van der Waals surface area (Å²) >= 11 is 11.0. The molecule has 0 spiro atoms. The quantitative estimate of drug-likeness (QED) is 0.263. The van der Waals surface area contributed by atoms with Gasteiger partial charge in [-0.05, 0) is 94.3 Å². The van der Waals surface area contributed by atoms with Crippen molar-refractivity contribution in [3.63, 3.8) is 0 Å². The lowest BCUT2D eigenvalue weighted by Crippen LogP contribution is -2.43. The normalized spacial score (nSPS) is 15.3. The minimum absolute atomic E-state index is 0.112. The molecule has 6 nitrogen and oxygen atoms in total. The lowest BCUT2D eigenvalue weighted by atomic mass is 9.94. The summed E-state index contributed by atoms with van der Waals surface area (Å²) in [7, 11) is 0. The number of hydrogen-bond donors (Lipinski definition) is 0. The molecule has 0 N–H and O–H groups in total. The van der Waals surface area contributed by atoms with Gasteiger partial charge in [0, 0.05) is 39.7 Å². The number of aryl methyl sites for hydroxylation is 1. The van der Waals surface area contributed by atoms with Crippen LogP contribution in [0.3, 0.4) is 0 Å². The van der Waals surface area contributed by atoms with Gasteiger partial charge in [-0.15, -0.1) is 0 Å². The van der Waals surface area contributed by atoms with Crippen LogP contribution in [0.4, 0.5) is 0 Å². The highest BCUT2D eigenvalue weighted by Crippen LogP contribution is 2.32. The maximum absolute atomic E-state index is 14.1. The van der Waals surface area contributed by atoms with E-state index in [1.54, 1.807) is 21.6 Å². The van der Waals surface area contributed by atoms with Gasteiger partial charge >= 0.3 is 0 Å². The fourth-order valence-electron chi connectivity index (χ4n) is 5.30. The fourth-order valence-corrected chi connectivity index (χ4v) is 6.73. The number of aromatic nitrogens is 2. The molecule has 0 saturated heterocycles. The van der Waals surface area contributed by atoms with E-state index in [0.29, 0.717) is 38.7 Å². The molecule has 2 aromatic carbocycles. The lowest BCUT2D eigenvalue weighted by molar-refractivity contribution is -0.127. The van der Waals surface area contributed by atoms with Gasteiger partial charge in [0.25, 0.3) is 11.5 Å². The molecule has 2 aromatic heterocycles. The SMILES string of the molecule is CCN(CC)C(=O)C1=C(C)N=c2s/c(=C/c3cc(C)n(-c4ccc(Br)cc4)c3C)c(=O)n2[C@H]1c1ccc(Cl)cc1. The van der Waals surface area contributed by atoms with E-state index in [9.17, 15) is 9.59 Å². The predicted octanol–water partition coefficient (Wildman–Crippen LogP) is 5.93. The number of hydrogen-bond acceptors (Lipinski definition) is 4. The van der Waals surface area contributed by atoms with E-state index in [-0.39, 0.29) is 11.5 Å². The van der Waals surface area contributed by atoms with Crippen LogP contribution in [0.25, 0.3) is 11.8 Å². The van der Waals surface area contributed by atoms with Crippen molar-refractivity contribution in [1.29, 1.82) is 0 Å². The Balaban J connectivity index is 1.69. The van der Waals surface area contributed by atoms with Crippen LogP contribution in [-0.4, -0.2) is 33.0 Å². The van der Waals surface area contributed by atoms with Gasteiger partial charge in [0.1, 0.15) is 0 Å². The third kappa shape index (κ3) is 5.04. The third-order valence-corrected chi connectivity index (χ3v) is 9.09. The van der Waals surface area contributed by atoms with E-state index in [0.717, 1.165) is 32.7 Å². The van der Waals surface area contributed by atoms with Crippen LogP contribution < -0.4 is 14.9 Å². The molecule has 1 amide bonds. The van der Waals surface area contributed by atoms with Crippen LogP contribution in [0, 0.1) is 13.8 Å². The third-order valence-electron chi connectivity index (χ3n) is 7.33. The number of rotatable bonds is 6. The first-order valence-electron chi connectivity index (χ1n) is 13.2. The van der Waals surface area contributed by atoms with Gasteiger partial charge in [-0.1, -0.05) is 51.0 Å². The molecule has 1 atom stereocenters. The van der Waals surface area contributed by atoms with Crippen molar-refractivity contribution < 1.29 is 4.79 Å². The fraction of sp³-hybridized carbons (Fsp3) is 0.258. The predicted molar refractivity (Wildman–Crippen MR) is 166 cm³/mol. The molecule has 1 aliphatic heterocycles. The van der Waals surface area contributed by atoms with E-state index < -0.39 is 6.04 Å². The van der Waals surface area contributed by atoms with Crippen molar-refractivity contribution in [3.8, 4) is 5.69 Å². The molecule has 3 heterocycles. The molecular formula is C31H30BrClN4O2S. The van der Waals surface area contributed by atoms with E-state index in [2.05, 4.69) is 52.5 Å². The number of carbonyl (C=O) groups is 1. The monoisotopic (exact) mass is 636 g/mol. The second kappa shape index (κ2) is 11.4. The van der Waals surface area contributed by atoms with E-state index in [1.807, 2.05) is 51.1 Å². The highest BCUT2D eigenvalue weighted by atomic mass is 79.9. The Labute approximate surface area is 250 Å². The second-order valence-corrected chi connectivity index (χ2v) is 12.1. The topological polar surface area (TPSA) is 59.6 Å². The maximum atomic E-state index is 14.1. The maximum Gasteiger partial charge on any atom is 0.271 e. The highest BCUT2D eigenvalue weighted by molar-refractivity contribution is 9.10. The molecule has 1 aliphatic rings. The second-order valence-electron chi connectivity index (χ2n) is 9.75. The van der Waals surface area contributed by atoms with E-state index in [4.69, 9.17) is 16.6 Å². The van der Waals surface area contributed by atoms with Gasteiger partial charge in [0.2, 0.25) is 0 Å². The Morgan fingerprint density at radius 2 is 1.73 bits per heavy atom. The Hall–Kier alpha value is -3.20. The molecule has 5 rings (SSSR count). The van der Waals surface area contributed by atoms with Crippen LogP contribution in [0.2, 0.25) is 5.02 Å². The van der Waals surface area contributed by atoms with E-state index >= 15 is 0 Å². The van der Waals surface area contributed by atoms with Gasteiger partial charge in [0.15, 0.2) is 4.80 Å². The summed E-state index contributed by atoms with van der Waals surface area (Å²) < 4.78 is 5.43. The first-order valence-corrected chi connectivity index (χ1v) is 15.2. The van der Waals surface area contributed by atoms with Crippen LogP contribution >= 0.6 is 38.9 Å². The molecule has 0 bridgehead atoms. The first kappa shape index (κ1) is 28.3. The van der Waals surface area contributed by atoms with Crippen LogP contribution in [0.5, 0.6) is 0 Å². The molecule has 0 aliphatic carbocycles. The summed E-state index contributed by atoms with van der Waals surface area (Å²) in [5, 5.41) is 0.592. The molecule has 9 heteroatoms. The smallest absolute Gasteiger partial charge is 0.271 e. The summed E-state index contributed by atoms with van der Waals surface area (Å²) in [4.78, 5) is 34.9. The Morgan fingerprint density at radius 1 is 1.07 bits per heavy atom. The molecular weight excluding hydrogens is 608 g/mol. The average molecular weight is 638 g/mol. The number of fused-ring (bicyclic) bond motifs is 1. The van der Waals surface area contributed by atoms with Gasteiger partial charge in [0.05, 0.1) is 21.8 Å². The summed E-state index contributed by atoms with van der Waals surface area (Å²) in [6, 6.07) is 17.0. The average Bonchev–Trinajstić information content (AvgIpc) is 3.39. The van der Waals surface area contributed by atoms with Crippen molar-refractivity contribution in [2.45, 2.75) is 40.7 Å². The zero-order valence-corrected chi connectivity index (χ0v) is 26.2. The van der Waals surface area contributed by atoms with Crippen molar-refractivity contribution in [2.75, 3.05) is 13.1 Å². The standard InChI is InChI=1S/C31H30BrClN4O2S/c1-6-35(7-2)30(39)27-19(4)34-31-37(28(27)21-8-12-24(33)13-9-21)29(38)26(40-31)17-22-16-18(3)36(20(22)5)25-14-10-23(32)11-15-25/h8-17,28H,6-7H2,1-5H3/b26-17+/t28-/m0/s1. The molecule has 0 radical (unpaired) electrons. The molecule has 206 valence electrons. The largest absolute Gasteiger partial charge is 0.339 e. The number of likely N-dealkylation sites (N-methyl/N-ethyl adjacent to an activating group) is 1. The minimum Gasteiger partial charge on any atom is -0.339 e. The number of amides is 1.